The molecule has 2 amide bonds. The molecular formula is C28H34N2O5. The topological polar surface area (TPSA) is 105 Å². The number of carboxylic acids is 1. The molecule has 2 aromatic rings. The standard InChI is InChI=1S/C28H34N2O5/c1-3-10-24(25(31)30-28(2)16-9-8-15-23(28)26(32)33)29-27(34)35-17-22-20-13-6-4-11-18(20)19-12-5-7-14-21(19)22/h4-7,11-14,22-24H,3,8-10,15-17H2,1-2H3,(H,29,34)(H,30,31)(H,32,33)/t23?,24-,28?/m1/s1. The van der Waals surface area contributed by atoms with Crippen LogP contribution in [0.4, 0.5) is 4.79 Å². The van der Waals surface area contributed by atoms with Gasteiger partial charge in [-0.05, 0) is 48.4 Å². The quantitative estimate of drug-likeness (QED) is 0.503. The molecule has 0 aromatic heterocycles. The molecule has 3 atom stereocenters. The van der Waals surface area contributed by atoms with Crippen LogP contribution in [0, 0.1) is 5.92 Å². The van der Waals surface area contributed by atoms with E-state index >= 15 is 0 Å². The molecule has 2 unspecified atom stereocenters. The van der Waals surface area contributed by atoms with Crippen LogP contribution in [0.5, 0.6) is 0 Å². The van der Waals surface area contributed by atoms with Crippen molar-refractivity contribution in [1.82, 2.24) is 10.6 Å². The third kappa shape index (κ3) is 5.19. The Labute approximate surface area is 206 Å². The minimum atomic E-state index is -0.899. The maximum absolute atomic E-state index is 13.1. The van der Waals surface area contributed by atoms with Crippen molar-refractivity contribution >= 4 is 18.0 Å². The molecule has 3 N–H and O–H groups in total. The lowest BCUT2D eigenvalue weighted by Crippen LogP contribution is -2.59. The number of carbonyl (C=O) groups is 3. The Bertz CT molecular complexity index is 1050. The molecule has 186 valence electrons. The number of hydrogen-bond donors (Lipinski definition) is 3. The summed E-state index contributed by atoms with van der Waals surface area (Å²) in [6.45, 7) is 3.89. The predicted molar refractivity (Wildman–Crippen MR) is 133 cm³/mol. The zero-order valence-electron chi connectivity index (χ0n) is 20.4. The lowest BCUT2D eigenvalue weighted by molar-refractivity contribution is -0.147. The monoisotopic (exact) mass is 478 g/mol. The number of rotatable bonds is 8. The fraction of sp³-hybridized carbons (Fsp3) is 0.464. The third-order valence-electron chi connectivity index (χ3n) is 7.44. The van der Waals surface area contributed by atoms with E-state index in [2.05, 4.69) is 34.9 Å². The minimum Gasteiger partial charge on any atom is -0.481 e. The molecular weight excluding hydrogens is 444 g/mol. The van der Waals surface area contributed by atoms with Crippen molar-refractivity contribution in [2.24, 2.45) is 5.92 Å². The van der Waals surface area contributed by atoms with Gasteiger partial charge in [0.05, 0.1) is 11.5 Å². The number of carboxylic acid groups (broad SMARTS) is 1. The van der Waals surface area contributed by atoms with Gasteiger partial charge < -0.3 is 20.5 Å². The average molecular weight is 479 g/mol. The lowest BCUT2D eigenvalue weighted by atomic mass is 9.73. The van der Waals surface area contributed by atoms with Gasteiger partial charge in [0.1, 0.15) is 12.6 Å². The van der Waals surface area contributed by atoms with Crippen LogP contribution in [0.1, 0.15) is 69.4 Å². The molecule has 35 heavy (non-hydrogen) atoms. The van der Waals surface area contributed by atoms with Crippen molar-refractivity contribution in [2.75, 3.05) is 6.61 Å². The highest BCUT2D eigenvalue weighted by atomic mass is 16.5. The van der Waals surface area contributed by atoms with Crippen molar-refractivity contribution in [3.63, 3.8) is 0 Å². The van der Waals surface area contributed by atoms with Gasteiger partial charge in [-0.15, -0.1) is 0 Å². The summed E-state index contributed by atoms with van der Waals surface area (Å²) < 4.78 is 5.62. The predicted octanol–water partition coefficient (Wildman–Crippen LogP) is 4.84. The van der Waals surface area contributed by atoms with Crippen molar-refractivity contribution in [1.29, 1.82) is 0 Å². The molecule has 0 radical (unpaired) electrons. The first-order valence-electron chi connectivity index (χ1n) is 12.5. The van der Waals surface area contributed by atoms with Crippen LogP contribution in [0.15, 0.2) is 48.5 Å². The summed E-state index contributed by atoms with van der Waals surface area (Å²) in [6, 6.07) is 15.4. The van der Waals surface area contributed by atoms with Gasteiger partial charge >= 0.3 is 12.1 Å². The van der Waals surface area contributed by atoms with E-state index in [1.54, 1.807) is 6.92 Å². The Morgan fingerprint density at radius 3 is 2.29 bits per heavy atom. The zero-order chi connectivity index (χ0) is 25.0. The third-order valence-corrected chi connectivity index (χ3v) is 7.44. The fourth-order valence-electron chi connectivity index (χ4n) is 5.59. The van der Waals surface area contributed by atoms with Crippen LogP contribution in [-0.2, 0) is 14.3 Å². The number of carbonyl (C=O) groups excluding carboxylic acids is 2. The maximum Gasteiger partial charge on any atom is 0.407 e. The smallest absolute Gasteiger partial charge is 0.407 e. The summed E-state index contributed by atoms with van der Waals surface area (Å²) in [4.78, 5) is 37.6. The van der Waals surface area contributed by atoms with Gasteiger partial charge in [-0.2, -0.15) is 0 Å². The molecule has 0 heterocycles. The second kappa shape index (κ2) is 10.5. The molecule has 0 bridgehead atoms. The number of ether oxygens (including phenoxy) is 1. The normalized spacial score (nSPS) is 21.9. The summed E-state index contributed by atoms with van der Waals surface area (Å²) in [5.74, 6) is -1.97. The van der Waals surface area contributed by atoms with Gasteiger partial charge in [0.2, 0.25) is 5.91 Å². The molecule has 1 fully saturated rings. The summed E-state index contributed by atoms with van der Waals surface area (Å²) in [6.07, 6.45) is 3.29. The first kappa shape index (κ1) is 24.8. The van der Waals surface area contributed by atoms with Gasteiger partial charge in [-0.3, -0.25) is 9.59 Å². The summed E-state index contributed by atoms with van der Waals surface area (Å²) in [5.41, 5.74) is 3.70. The number of amides is 2. The van der Waals surface area contributed by atoms with E-state index in [0.29, 0.717) is 25.7 Å². The number of hydrogen-bond acceptors (Lipinski definition) is 4. The van der Waals surface area contributed by atoms with Crippen molar-refractivity contribution < 1.29 is 24.2 Å². The van der Waals surface area contributed by atoms with Crippen LogP contribution >= 0.6 is 0 Å². The van der Waals surface area contributed by atoms with E-state index in [1.165, 1.54) is 0 Å². The largest absolute Gasteiger partial charge is 0.481 e. The SMILES string of the molecule is CCC[C@@H](NC(=O)OCC1c2ccccc2-c2ccccc21)C(=O)NC1(C)CCCCC1C(=O)O. The van der Waals surface area contributed by atoms with Crippen LogP contribution < -0.4 is 10.6 Å². The number of nitrogens with one attached hydrogen (secondary N) is 2. The molecule has 0 aliphatic heterocycles. The molecule has 2 aliphatic carbocycles. The fourth-order valence-corrected chi connectivity index (χ4v) is 5.59. The molecule has 4 rings (SSSR count). The second-order valence-corrected chi connectivity index (χ2v) is 9.85. The highest BCUT2D eigenvalue weighted by Crippen LogP contribution is 2.44. The van der Waals surface area contributed by atoms with E-state index in [1.807, 2.05) is 31.2 Å². The number of alkyl carbamates (subject to hydrolysis) is 1. The van der Waals surface area contributed by atoms with Gasteiger partial charge in [0, 0.05) is 5.92 Å². The second-order valence-electron chi connectivity index (χ2n) is 9.85. The van der Waals surface area contributed by atoms with E-state index in [0.717, 1.165) is 35.1 Å². The van der Waals surface area contributed by atoms with E-state index < -0.39 is 29.6 Å². The highest BCUT2D eigenvalue weighted by Gasteiger charge is 2.43. The molecule has 2 aliphatic rings. The Balaban J connectivity index is 1.41. The van der Waals surface area contributed by atoms with Gasteiger partial charge in [0.15, 0.2) is 0 Å². The van der Waals surface area contributed by atoms with Crippen LogP contribution in [0.3, 0.4) is 0 Å². The number of aliphatic carboxylic acids is 1. The average Bonchev–Trinajstić information content (AvgIpc) is 3.16. The Kier molecular flexibility index (Phi) is 7.43. The zero-order valence-corrected chi connectivity index (χ0v) is 20.4. The molecule has 2 aromatic carbocycles. The first-order valence-corrected chi connectivity index (χ1v) is 12.5. The van der Waals surface area contributed by atoms with Crippen molar-refractivity contribution in [3.05, 3.63) is 59.7 Å². The lowest BCUT2D eigenvalue weighted by Gasteiger charge is -2.40. The van der Waals surface area contributed by atoms with Gasteiger partial charge in [0.25, 0.3) is 0 Å². The highest BCUT2D eigenvalue weighted by molar-refractivity contribution is 5.87. The molecule has 0 saturated heterocycles. The maximum atomic E-state index is 13.1. The van der Waals surface area contributed by atoms with Crippen LogP contribution in [0.2, 0.25) is 0 Å². The van der Waals surface area contributed by atoms with E-state index in [-0.39, 0.29) is 18.4 Å². The van der Waals surface area contributed by atoms with Crippen molar-refractivity contribution in [2.45, 2.75) is 69.9 Å². The van der Waals surface area contributed by atoms with Gasteiger partial charge in [-0.1, -0.05) is 74.7 Å². The van der Waals surface area contributed by atoms with E-state index in [9.17, 15) is 19.5 Å². The Morgan fingerprint density at radius 2 is 1.69 bits per heavy atom. The minimum absolute atomic E-state index is 0.0657. The molecule has 7 heteroatoms. The first-order chi connectivity index (χ1) is 16.8. The van der Waals surface area contributed by atoms with Crippen molar-refractivity contribution in [3.8, 4) is 11.1 Å². The molecule has 1 saturated carbocycles. The van der Waals surface area contributed by atoms with Gasteiger partial charge in [-0.25, -0.2) is 4.79 Å². The Hall–Kier alpha value is -3.35. The van der Waals surface area contributed by atoms with E-state index in [4.69, 9.17) is 4.74 Å². The summed E-state index contributed by atoms with van der Waals surface area (Å²) in [7, 11) is 0. The Morgan fingerprint density at radius 1 is 1.06 bits per heavy atom. The summed E-state index contributed by atoms with van der Waals surface area (Å²) >= 11 is 0. The number of fused-ring (bicyclic) bond motifs is 3. The summed E-state index contributed by atoms with van der Waals surface area (Å²) in [5, 5.41) is 15.3. The molecule has 0 spiro atoms. The molecule has 7 nitrogen and oxygen atoms in total. The number of benzene rings is 2. The van der Waals surface area contributed by atoms with Crippen LogP contribution in [0.25, 0.3) is 11.1 Å². The van der Waals surface area contributed by atoms with Crippen LogP contribution in [-0.4, -0.2) is 41.3 Å².